The second-order valence-corrected chi connectivity index (χ2v) is 12.3. The summed E-state index contributed by atoms with van der Waals surface area (Å²) in [6.07, 6.45) is 18.3. The van der Waals surface area contributed by atoms with E-state index in [1.165, 1.54) is 94.2 Å². The Morgan fingerprint density at radius 3 is 1.16 bits per heavy atom. The van der Waals surface area contributed by atoms with Gasteiger partial charge >= 0.3 is 0 Å². The molecule has 3 rings (SSSR count). The van der Waals surface area contributed by atoms with Gasteiger partial charge < -0.3 is 5.53 Å². The van der Waals surface area contributed by atoms with Gasteiger partial charge in [-0.15, -0.1) is 0 Å². The topological polar surface area (TPSA) is 25.3 Å². The average Bonchev–Trinajstić information content (AvgIpc) is 3.30. The summed E-state index contributed by atoms with van der Waals surface area (Å²) in [6, 6.07) is 9.58. The van der Waals surface area contributed by atoms with E-state index in [0.717, 1.165) is 75.6 Å². The zero-order valence-corrected chi connectivity index (χ0v) is 29.8. The molecule has 240 valence electrons. The van der Waals surface area contributed by atoms with Crippen LogP contribution in [-0.2, 0) is 55.0 Å². The number of unbranched alkanes of at least 4 members (excludes halogenated alkanes) is 6. The molecule has 0 spiro atoms. The van der Waals surface area contributed by atoms with Crippen molar-refractivity contribution < 1.29 is 21.2 Å². The fraction of sp³-hybridized carbons (Fsp3) is 0.600. The Morgan fingerprint density at radius 2 is 0.814 bits per heavy atom. The van der Waals surface area contributed by atoms with Gasteiger partial charge in [-0.05, 0) is 122 Å². The van der Waals surface area contributed by atoms with E-state index in [0.29, 0.717) is 0 Å². The molecule has 0 atom stereocenters. The predicted octanol–water partition coefficient (Wildman–Crippen LogP) is 12.2. The van der Waals surface area contributed by atoms with Crippen molar-refractivity contribution >= 4 is 11.4 Å². The number of benzene rings is 2. The van der Waals surface area contributed by atoms with E-state index in [-0.39, 0.29) is 16.5 Å². The van der Waals surface area contributed by atoms with Crippen molar-refractivity contribution in [2.45, 2.75) is 158 Å². The van der Waals surface area contributed by atoms with Crippen molar-refractivity contribution in [3.05, 3.63) is 85.5 Å². The van der Waals surface area contributed by atoms with Crippen LogP contribution in [0.5, 0.6) is 0 Å². The summed E-state index contributed by atoms with van der Waals surface area (Å²) in [5, 5.41) is 0. The van der Waals surface area contributed by atoms with Crippen molar-refractivity contribution in [3.63, 3.8) is 0 Å². The fourth-order valence-corrected chi connectivity index (χ4v) is 7.26. The number of nitrogens with zero attached hydrogens (tertiary/aromatic N) is 2. The molecule has 0 aliphatic carbocycles. The molecule has 0 radical (unpaired) electrons. The summed E-state index contributed by atoms with van der Waals surface area (Å²) in [6.45, 7) is 18.2. The van der Waals surface area contributed by atoms with E-state index in [2.05, 4.69) is 79.7 Å². The second-order valence-electron chi connectivity index (χ2n) is 12.3. The number of rotatable bonds is 18. The van der Waals surface area contributed by atoms with Crippen LogP contribution in [0.15, 0.2) is 35.4 Å². The van der Waals surface area contributed by atoms with E-state index in [9.17, 15) is 5.53 Å². The Kier molecular flexibility index (Phi) is 16.2. The average molecular weight is 628 g/mol. The molecule has 2 nitrogen and oxygen atoms in total. The van der Waals surface area contributed by atoms with Gasteiger partial charge in [-0.25, -0.2) is 4.70 Å². The monoisotopic (exact) mass is 626 g/mol. The molecular formula is C40H60N2Ni. The van der Waals surface area contributed by atoms with Crippen LogP contribution in [0.3, 0.4) is 0 Å². The molecule has 0 amide bonds. The van der Waals surface area contributed by atoms with Crippen LogP contribution in [0.4, 0.5) is 0 Å². The number of aryl methyl sites for hydroxylation is 4. The Balaban J connectivity index is 0.00000645. The zero-order valence-electron chi connectivity index (χ0n) is 28.8. The van der Waals surface area contributed by atoms with Gasteiger partial charge in [0, 0.05) is 38.8 Å². The van der Waals surface area contributed by atoms with E-state index in [1.807, 2.05) is 0 Å². The first-order chi connectivity index (χ1) is 20.4. The van der Waals surface area contributed by atoms with Crippen molar-refractivity contribution in [2.75, 3.05) is 0 Å². The Bertz CT molecular complexity index is 1230. The molecule has 1 aliphatic heterocycles. The van der Waals surface area contributed by atoms with Crippen molar-refractivity contribution in [1.82, 2.24) is 0 Å². The van der Waals surface area contributed by atoms with Crippen LogP contribution < -0.4 is 0 Å². The summed E-state index contributed by atoms with van der Waals surface area (Å²) in [5.74, 6) is 0. The third kappa shape index (κ3) is 8.60. The standard InChI is InChI=1S/C40H60N2.Ni/c1-9-17-19-20-21-22-24-38-37(23-18-10-2)39(33-25-29(11-3)35(15-7)30(12-4)26-33)42(41)40(38)34-27-31(13-5)36(16-8)32(14-6)28-34;/h25-28H,9-24H2,1-8H3;. The van der Waals surface area contributed by atoms with Crippen LogP contribution in [0, 0.1) is 0 Å². The molecule has 2 aromatic rings. The Labute approximate surface area is 275 Å². The molecule has 0 saturated carbocycles. The molecule has 0 unspecified atom stereocenters. The van der Waals surface area contributed by atoms with E-state index < -0.39 is 0 Å². The largest absolute Gasteiger partial charge is 0.493 e. The third-order valence-corrected chi connectivity index (χ3v) is 9.57. The first-order valence-corrected chi connectivity index (χ1v) is 17.7. The molecule has 3 heteroatoms. The van der Waals surface area contributed by atoms with E-state index in [1.54, 1.807) is 4.70 Å². The molecule has 2 aromatic carbocycles. The minimum Gasteiger partial charge on any atom is -0.493 e. The Morgan fingerprint density at radius 1 is 0.465 bits per heavy atom. The van der Waals surface area contributed by atoms with E-state index in [4.69, 9.17) is 0 Å². The van der Waals surface area contributed by atoms with Gasteiger partial charge in [0.25, 0.3) is 0 Å². The molecular weight excluding hydrogens is 567 g/mol. The van der Waals surface area contributed by atoms with Gasteiger partial charge in [0.2, 0.25) is 11.4 Å². The smallest absolute Gasteiger partial charge is 0.211 e. The predicted molar refractivity (Wildman–Crippen MR) is 184 cm³/mol. The van der Waals surface area contributed by atoms with Gasteiger partial charge in [-0.3, -0.25) is 0 Å². The molecule has 0 aromatic heterocycles. The van der Waals surface area contributed by atoms with E-state index >= 15 is 0 Å². The van der Waals surface area contributed by atoms with Gasteiger partial charge in [-0.2, -0.15) is 0 Å². The van der Waals surface area contributed by atoms with Crippen molar-refractivity contribution in [3.8, 4) is 0 Å². The SMILES string of the molecule is CCCCCCCCC1=C(c2cc(CC)c(CC)c(CC)c2)[N+](=[N-])C(c2cc(CC)c(CC)c(CC)c2)=C1CCCC.[Ni]. The maximum absolute atomic E-state index is 12.3. The normalized spacial score (nSPS) is 13.3. The molecule has 0 bridgehead atoms. The molecule has 0 fully saturated rings. The quantitative estimate of drug-likeness (QED) is 0.0893. The maximum Gasteiger partial charge on any atom is 0.211 e. The minimum atomic E-state index is 0. The Hall–Kier alpha value is -1.99. The number of allylic oxidation sites excluding steroid dienone is 2. The number of hydrogen-bond acceptors (Lipinski definition) is 0. The van der Waals surface area contributed by atoms with Crippen molar-refractivity contribution in [1.29, 1.82) is 0 Å². The first-order valence-electron chi connectivity index (χ1n) is 17.7. The number of hydrogen-bond donors (Lipinski definition) is 0. The van der Waals surface area contributed by atoms with Crippen LogP contribution in [0.1, 0.15) is 164 Å². The van der Waals surface area contributed by atoms with Crippen LogP contribution in [0.25, 0.3) is 16.9 Å². The first kappa shape index (κ1) is 37.2. The molecule has 0 N–H and O–H groups in total. The molecule has 1 aliphatic rings. The van der Waals surface area contributed by atoms with Crippen LogP contribution in [0.2, 0.25) is 0 Å². The summed E-state index contributed by atoms with van der Waals surface area (Å²) in [7, 11) is 0. The summed E-state index contributed by atoms with van der Waals surface area (Å²) >= 11 is 0. The summed E-state index contributed by atoms with van der Waals surface area (Å²) < 4.78 is 1.62. The molecule has 43 heavy (non-hydrogen) atoms. The molecule has 0 saturated heterocycles. The van der Waals surface area contributed by atoms with Gasteiger partial charge in [0.15, 0.2) is 0 Å². The van der Waals surface area contributed by atoms with Gasteiger partial charge in [0.05, 0.1) is 0 Å². The summed E-state index contributed by atoms with van der Waals surface area (Å²) in [5.41, 5.74) is 28.3. The second kappa shape index (κ2) is 18.7. The maximum atomic E-state index is 12.3. The van der Waals surface area contributed by atoms with Crippen LogP contribution in [-0.4, -0.2) is 4.70 Å². The third-order valence-electron chi connectivity index (χ3n) is 9.57. The summed E-state index contributed by atoms with van der Waals surface area (Å²) in [4.78, 5) is 0. The minimum absolute atomic E-state index is 0. The zero-order chi connectivity index (χ0) is 30.6. The van der Waals surface area contributed by atoms with Gasteiger partial charge in [-0.1, -0.05) is 93.9 Å². The van der Waals surface area contributed by atoms with Crippen LogP contribution >= 0.6 is 0 Å². The fourth-order valence-electron chi connectivity index (χ4n) is 7.26. The van der Waals surface area contributed by atoms with Crippen molar-refractivity contribution in [2.24, 2.45) is 0 Å². The van der Waals surface area contributed by atoms with Gasteiger partial charge in [0.1, 0.15) is 0 Å². The molecule has 1 heterocycles.